The summed E-state index contributed by atoms with van der Waals surface area (Å²) >= 11 is 0. The van der Waals surface area contributed by atoms with E-state index in [9.17, 15) is 57.5 Å². The summed E-state index contributed by atoms with van der Waals surface area (Å²) in [5.74, 6) is -6.67. The van der Waals surface area contributed by atoms with Crippen LogP contribution in [-0.4, -0.2) is 287 Å². The molecule has 9 amide bonds. The third-order valence-corrected chi connectivity index (χ3v) is 18.3. The standard InChI is InChI=1S/C77H117N17O22/c1-8-12-46-112-91-56-19-23-60(72(91)103)108-51-64(95)78-28-35-87-36-29-79-65(96)52-109-61-24-20-57(92(73(61)104)113-47-13-9-2)69(100)83-33-40-89(39-32-82-68(56)99)44-45-90-41-34-84-70(101)58-21-25-62(74(105)93(58)114-48-14-10-3)110-53-66(97)80-30-37-88(43-42-87)38-31-81-67(98)54-111-63-26-22-59(94(75(63)106)115-49-15-11-4)71(102)86-55(50-90)18-16-17-27-85-76(107)116-77(5,6)7/h19-26,55H,8-18,27-54H2,1-7H3,(H,78,95)(H,79,96)(H,80,97)(H,81,98)(H,82,99)(H,83,100)(H,84,101)(H,85,107)(H,86,102). The largest absolute Gasteiger partial charge is 0.478 e. The van der Waals surface area contributed by atoms with Crippen LogP contribution in [0.4, 0.5) is 4.79 Å². The van der Waals surface area contributed by atoms with Gasteiger partial charge >= 0.3 is 28.3 Å². The minimum absolute atomic E-state index is 0.00137. The number of hydrogen-bond donors (Lipinski definition) is 9. The number of unbranched alkanes of at least 4 members (excludes halogenated alkanes) is 5. The fourth-order valence-corrected chi connectivity index (χ4v) is 11.9. The Morgan fingerprint density at radius 3 is 0.966 bits per heavy atom. The topological polar surface area (TPSA) is 446 Å². The number of amides is 9. The number of alkyl carbamates (subject to hydrolysis) is 1. The van der Waals surface area contributed by atoms with Crippen LogP contribution < -0.4 is 108 Å². The SMILES string of the molecule is CCCCOn1c2ccc(c1=O)OCC(=O)NCCN1CCNC(=O)COc3ccc(n(OCCCC)c3=O)C(=O)NCCN(CCNC2=O)CCN2CCNC(=O)c3ccc(c(=O)n3OCCCC)OCC(=O)NCCN(CCNC(=O)COc3ccc(n(OCCCC)c3=O)C(=O)NC(CCCCNC(=O)OC(C)(C)C)C2)CC1. The first-order chi connectivity index (χ1) is 55.9. The zero-order chi connectivity index (χ0) is 83.8. The summed E-state index contributed by atoms with van der Waals surface area (Å²) in [7, 11) is 0. The number of nitrogens with one attached hydrogen (secondary N) is 9. The van der Waals surface area contributed by atoms with Crippen molar-refractivity contribution in [3.05, 3.63) is 113 Å². The molecule has 4 aromatic heterocycles. The van der Waals surface area contributed by atoms with Crippen molar-refractivity contribution in [2.45, 2.75) is 131 Å². The summed E-state index contributed by atoms with van der Waals surface area (Å²) in [5.41, 5.74) is -5.12. The molecule has 9 N–H and O–H groups in total. The zero-order valence-electron chi connectivity index (χ0n) is 67.8. The maximum absolute atomic E-state index is 15.1. The molecule has 39 heteroatoms. The lowest BCUT2D eigenvalue weighted by Crippen LogP contribution is -2.50. The van der Waals surface area contributed by atoms with E-state index in [1.807, 2.05) is 47.3 Å². The van der Waals surface area contributed by atoms with E-state index in [-0.39, 0.29) is 210 Å². The van der Waals surface area contributed by atoms with Crippen molar-refractivity contribution < 1.29 is 86.2 Å². The predicted molar refractivity (Wildman–Crippen MR) is 424 cm³/mol. The number of pyridine rings is 4. The van der Waals surface area contributed by atoms with Crippen molar-refractivity contribution in [2.24, 2.45) is 0 Å². The summed E-state index contributed by atoms with van der Waals surface area (Å²) in [6.07, 6.45) is 4.99. The minimum atomic E-state index is -0.887. The van der Waals surface area contributed by atoms with Crippen LogP contribution in [0.5, 0.6) is 23.0 Å². The molecule has 3 unspecified atom stereocenters. The molecule has 0 spiro atoms. The number of hydrogen-bond acceptors (Lipinski definition) is 26. The van der Waals surface area contributed by atoms with Crippen LogP contribution >= 0.6 is 0 Å². The predicted octanol–water partition coefficient (Wildman–Crippen LogP) is -1.44. The van der Waals surface area contributed by atoms with Crippen LogP contribution in [0.2, 0.25) is 0 Å². The fourth-order valence-electron chi connectivity index (χ4n) is 11.9. The molecule has 16 aliphatic rings. The summed E-state index contributed by atoms with van der Waals surface area (Å²) in [4.78, 5) is 215. The van der Waals surface area contributed by atoms with Crippen molar-refractivity contribution in [1.82, 2.24) is 86.4 Å². The van der Waals surface area contributed by atoms with E-state index < -0.39 is 114 Å². The van der Waals surface area contributed by atoms with Crippen molar-refractivity contribution in [1.29, 1.82) is 0 Å². The average Bonchev–Trinajstić information content (AvgIpc) is 0.840. The van der Waals surface area contributed by atoms with Crippen LogP contribution in [0, 0.1) is 0 Å². The van der Waals surface area contributed by atoms with Gasteiger partial charge in [0.25, 0.3) is 47.3 Å². The van der Waals surface area contributed by atoms with E-state index in [1.165, 1.54) is 48.5 Å². The zero-order valence-corrected chi connectivity index (χ0v) is 67.8. The van der Waals surface area contributed by atoms with Crippen LogP contribution in [0.15, 0.2) is 67.7 Å². The highest BCUT2D eigenvalue weighted by atomic mass is 16.7. The molecule has 0 aromatic carbocycles. The molecular weight excluding hydrogens is 1510 g/mol. The Hall–Kier alpha value is -10.9. The number of aromatic nitrogens is 4. The van der Waals surface area contributed by atoms with E-state index >= 15 is 4.79 Å². The molecule has 16 aliphatic heterocycles. The van der Waals surface area contributed by atoms with Crippen LogP contribution in [0.1, 0.15) is 161 Å². The second-order valence-corrected chi connectivity index (χ2v) is 28.7. The molecule has 3 atom stereocenters. The van der Waals surface area contributed by atoms with Gasteiger partial charge in [0.1, 0.15) is 54.8 Å². The highest BCUT2D eigenvalue weighted by Crippen LogP contribution is 2.15. The van der Waals surface area contributed by atoms with Crippen LogP contribution in [0.3, 0.4) is 0 Å². The Balaban J connectivity index is 1.40. The molecule has 642 valence electrons. The fraction of sp³-hybridized carbons (Fsp3) is 0.623. The molecule has 20 rings (SSSR count). The summed E-state index contributed by atoms with van der Waals surface area (Å²) in [6.45, 7) is 11.6. The minimum Gasteiger partial charge on any atom is -0.478 e. The van der Waals surface area contributed by atoms with E-state index in [2.05, 4.69) is 47.9 Å². The number of nitrogens with zero attached hydrogens (tertiary/aromatic N) is 8. The van der Waals surface area contributed by atoms with Gasteiger partial charge in [-0.1, -0.05) is 53.4 Å². The highest BCUT2D eigenvalue weighted by molar-refractivity contribution is 5.94. The lowest BCUT2D eigenvalue weighted by molar-refractivity contribution is -0.124. The molecule has 12 bridgehead atoms. The molecule has 0 fully saturated rings. The van der Waals surface area contributed by atoms with Gasteiger partial charge in [0.2, 0.25) is 0 Å². The molecule has 0 aliphatic carbocycles. The first kappa shape index (κ1) is 92.2. The molecule has 0 radical (unpaired) electrons. The average molecular weight is 1630 g/mol. The number of carbonyl (C=O) groups excluding carboxylic acids is 9. The first-order valence-electron chi connectivity index (χ1n) is 40.1. The summed E-state index contributed by atoms with van der Waals surface area (Å²) < 4.78 is 32.0. The number of carbonyl (C=O) groups is 9. The van der Waals surface area contributed by atoms with Crippen molar-refractivity contribution in [3.63, 3.8) is 0 Å². The first-order valence-corrected chi connectivity index (χ1v) is 40.1. The second kappa shape index (κ2) is 49.1. The number of ether oxygens (including phenoxy) is 5. The van der Waals surface area contributed by atoms with Crippen molar-refractivity contribution >= 4 is 53.4 Å². The Labute approximate surface area is 673 Å². The molecular formula is C77H117N17O22. The Bertz CT molecular complexity index is 4030. The molecule has 20 heterocycles. The molecule has 116 heavy (non-hydrogen) atoms. The van der Waals surface area contributed by atoms with Gasteiger partial charge in [-0.15, -0.1) is 18.9 Å². The van der Waals surface area contributed by atoms with Gasteiger partial charge in [0.15, 0.2) is 49.4 Å². The molecule has 0 saturated heterocycles. The highest BCUT2D eigenvalue weighted by Gasteiger charge is 2.28. The van der Waals surface area contributed by atoms with Crippen molar-refractivity contribution in [2.75, 3.05) is 184 Å². The van der Waals surface area contributed by atoms with Gasteiger partial charge in [-0.05, 0) is 114 Å². The monoisotopic (exact) mass is 1630 g/mol. The quantitative estimate of drug-likeness (QED) is 0.0431. The maximum atomic E-state index is 15.1. The van der Waals surface area contributed by atoms with Crippen LogP contribution in [0.25, 0.3) is 0 Å². The molecule has 4 aromatic rings. The van der Waals surface area contributed by atoms with E-state index in [1.54, 1.807) is 20.8 Å². The van der Waals surface area contributed by atoms with Crippen molar-refractivity contribution in [3.8, 4) is 23.0 Å². The Morgan fingerprint density at radius 2 is 0.664 bits per heavy atom. The van der Waals surface area contributed by atoms with E-state index in [4.69, 9.17) is 43.0 Å². The van der Waals surface area contributed by atoms with Gasteiger partial charge in [-0.25, -0.2) is 4.79 Å². The van der Waals surface area contributed by atoms with Gasteiger partial charge in [-0.3, -0.25) is 77.1 Å². The van der Waals surface area contributed by atoms with Gasteiger partial charge in [0.05, 0.1) is 0 Å². The summed E-state index contributed by atoms with van der Waals surface area (Å²) in [5, 5.41) is 25.8. The van der Waals surface area contributed by atoms with E-state index in [0.29, 0.717) is 64.2 Å². The van der Waals surface area contributed by atoms with Gasteiger partial charge < -0.3 is 90.9 Å². The summed E-state index contributed by atoms with van der Waals surface area (Å²) in [6, 6.07) is 9.54. The second-order valence-electron chi connectivity index (χ2n) is 28.7. The maximum Gasteiger partial charge on any atom is 0.407 e. The normalized spacial score (nSPS) is 19.6. The third-order valence-electron chi connectivity index (χ3n) is 18.3. The van der Waals surface area contributed by atoms with Gasteiger partial charge in [-0.2, -0.15) is 0 Å². The molecule has 39 nitrogen and oxygen atoms in total. The molecule has 0 saturated carbocycles. The van der Waals surface area contributed by atoms with E-state index in [0.717, 1.165) is 18.9 Å². The lowest BCUT2D eigenvalue weighted by Gasteiger charge is -2.31. The van der Waals surface area contributed by atoms with Gasteiger partial charge in [0, 0.05) is 137 Å². The Kier molecular flexibility index (Phi) is 39.0. The smallest absolute Gasteiger partial charge is 0.407 e. The third kappa shape index (κ3) is 31.0. The lowest BCUT2D eigenvalue weighted by atomic mass is 10.1. The Morgan fingerprint density at radius 1 is 0.379 bits per heavy atom. The number of rotatable bonds is 21. The van der Waals surface area contributed by atoms with Crippen LogP contribution in [-0.2, 0) is 23.9 Å².